The van der Waals surface area contributed by atoms with E-state index in [4.69, 9.17) is 0 Å². The Morgan fingerprint density at radius 2 is 1.35 bits per heavy atom. The molecule has 1 unspecified atom stereocenters. The smallest absolute Gasteiger partial charge is 0.0700 e. The first kappa shape index (κ1) is 14.8. The van der Waals surface area contributed by atoms with Crippen LogP contribution in [0.5, 0.6) is 0 Å². The molecular weight excluding hydrogens is 244 g/mol. The minimum atomic E-state index is -0.708. The maximum Gasteiger partial charge on any atom is 0.0700 e. The van der Waals surface area contributed by atoms with Crippen molar-refractivity contribution in [3.8, 4) is 0 Å². The van der Waals surface area contributed by atoms with E-state index in [2.05, 4.69) is 50.2 Å². The van der Waals surface area contributed by atoms with Gasteiger partial charge in [0.05, 0.1) is 5.60 Å². The quantitative estimate of drug-likeness (QED) is 0.855. The zero-order chi connectivity index (χ0) is 14.6. The van der Waals surface area contributed by atoms with Crippen molar-refractivity contribution in [2.75, 3.05) is 0 Å². The van der Waals surface area contributed by atoms with Crippen molar-refractivity contribution in [3.05, 3.63) is 71.3 Å². The van der Waals surface area contributed by atoms with Gasteiger partial charge >= 0.3 is 0 Å². The molecule has 2 aromatic rings. The summed E-state index contributed by atoms with van der Waals surface area (Å²) in [5.41, 5.74) is 3.00. The van der Waals surface area contributed by atoms with Crippen LogP contribution in [0.3, 0.4) is 0 Å². The van der Waals surface area contributed by atoms with E-state index in [1.165, 1.54) is 16.7 Å². The van der Waals surface area contributed by atoms with Crippen LogP contribution in [0.1, 0.15) is 43.4 Å². The number of hydrogen-bond donors (Lipinski definition) is 1. The van der Waals surface area contributed by atoms with Crippen LogP contribution in [0.2, 0.25) is 0 Å². The van der Waals surface area contributed by atoms with Crippen molar-refractivity contribution in [1.82, 2.24) is 0 Å². The topological polar surface area (TPSA) is 20.2 Å². The van der Waals surface area contributed by atoms with Gasteiger partial charge in [-0.2, -0.15) is 0 Å². The summed E-state index contributed by atoms with van der Waals surface area (Å²) in [6, 6.07) is 18.8. The van der Waals surface area contributed by atoms with Gasteiger partial charge in [-0.05, 0) is 29.5 Å². The molecular formula is C19H24O. The summed E-state index contributed by atoms with van der Waals surface area (Å²) in [5.74, 6) is 0.550. The van der Waals surface area contributed by atoms with Crippen molar-refractivity contribution in [1.29, 1.82) is 0 Å². The molecule has 0 spiro atoms. The van der Waals surface area contributed by atoms with Crippen molar-refractivity contribution < 1.29 is 5.11 Å². The van der Waals surface area contributed by atoms with E-state index in [0.29, 0.717) is 18.8 Å². The van der Waals surface area contributed by atoms with Crippen LogP contribution in [-0.2, 0) is 12.8 Å². The summed E-state index contributed by atoms with van der Waals surface area (Å²) >= 11 is 0. The highest BCUT2D eigenvalue weighted by atomic mass is 16.3. The first-order valence-electron chi connectivity index (χ1n) is 7.31. The summed E-state index contributed by atoms with van der Waals surface area (Å²) < 4.78 is 0. The van der Waals surface area contributed by atoms with Gasteiger partial charge in [-0.25, -0.2) is 0 Å². The minimum absolute atomic E-state index is 0.550. The van der Waals surface area contributed by atoms with Gasteiger partial charge in [-0.15, -0.1) is 0 Å². The highest BCUT2D eigenvalue weighted by Gasteiger charge is 2.21. The van der Waals surface area contributed by atoms with E-state index in [1.54, 1.807) is 0 Å². The molecule has 0 aliphatic rings. The molecule has 20 heavy (non-hydrogen) atoms. The van der Waals surface area contributed by atoms with Gasteiger partial charge in [0.15, 0.2) is 0 Å². The highest BCUT2D eigenvalue weighted by molar-refractivity contribution is 5.26. The Morgan fingerprint density at radius 3 is 1.85 bits per heavy atom. The van der Waals surface area contributed by atoms with E-state index in [0.717, 1.165) is 0 Å². The first-order valence-corrected chi connectivity index (χ1v) is 7.31. The lowest BCUT2D eigenvalue weighted by molar-refractivity contribution is 0.0608. The van der Waals surface area contributed by atoms with Gasteiger partial charge in [0.1, 0.15) is 0 Å². The Balaban J connectivity index is 2.04. The Labute approximate surface area is 122 Å². The molecule has 1 atom stereocenters. The Morgan fingerprint density at radius 1 is 0.850 bits per heavy atom. The van der Waals surface area contributed by atoms with E-state index >= 15 is 0 Å². The molecule has 0 aromatic heterocycles. The third kappa shape index (κ3) is 4.21. The van der Waals surface area contributed by atoms with Crippen molar-refractivity contribution in [3.63, 3.8) is 0 Å². The second kappa shape index (κ2) is 6.23. The van der Waals surface area contributed by atoms with E-state index in [9.17, 15) is 5.11 Å². The van der Waals surface area contributed by atoms with Gasteiger partial charge in [0.2, 0.25) is 0 Å². The molecule has 0 amide bonds. The Bertz CT molecular complexity index is 523. The molecule has 0 saturated heterocycles. The molecule has 0 aliphatic heterocycles. The normalized spacial score (nSPS) is 14.2. The molecule has 0 radical (unpaired) electrons. The minimum Gasteiger partial charge on any atom is -0.389 e. The summed E-state index contributed by atoms with van der Waals surface area (Å²) in [6.45, 7) is 6.30. The molecule has 0 saturated carbocycles. The van der Waals surface area contributed by atoms with Crippen LogP contribution in [0.25, 0.3) is 0 Å². The van der Waals surface area contributed by atoms with E-state index in [1.807, 2.05) is 25.1 Å². The third-order valence-electron chi connectivity index (χ3n) is 3.66. The van der Waals surface area contributed by atoms with Crippen LogP contribution < -0.4 is 0 Å². The highest BCUT2D eigenvalue weighted by Crippen LogP contribution is 2.21. The fourth-order valence-corrected chi connectivity index (χ4v) is 2.56. The summed E-state index contributed by atoms with van der Waals surface area (Å²) in [4.78, 5) is 0. The van der Waals surface area contributed by atoms with Gasteiger partial charge < -0.3 is 5.11 Å². The Kier molecular flexibility index (Phi) is 4.61. The second-order valence-electron chi connectivity index (χ2n) is 6.23. The predicted molar refractivity (Wildman–Crippen MR) is 85.0 cm³/mol. The van der Waals surface area contributed by atoms with Crippen LogP contribution in [0, 0.1) is 0 Å². The van der Waals surface area contributed by atoms with Crippen LogP contribution in [0.4, 0.5) is 0 Å². The zero-order valence-electron chi connectivity index (χ0n) is 12.6. The van der Waals surface area contributed by atoms with E-state index < -0.39 is 5.60 Å². The summed E-state index contributed by atoms with van der Waals surface area (Å²) in [7, 11) is 0. The summed E-state index contributed by atoms with van der Waals surface area (Å²) in [5, 5.41) is 10.6. The van der Waals surface area contributed by atoms with Gasteiger partial charge in [-0.3, -0.25) is 0 Å². The summed E-state index contributed by atoms with van der Waals surface area (Å²) in [6.07, 6.45) is 1.36. The molecule has 106 valence electrons. The van der Waals surface area contributed by atoms with Gasteiger partial charge in [-0.1, -0.05) is 68.4 Å². The van der Waals surface area contributed by atoms with Gasteiger partial charge in [0.25, 0.3) is 0 Å². The molecule has 0 heterocycles. The molecule has 1 heteroatoms. The first-order chi connectivity index (χ1) is 9.46. The molecule has 0 bridgehead atoms. The second-order valence-corrected chi connectivity index (χ2v) is 6.23. The fourth-order valence-electron chi connectivity index (χ4n) is 2.56. The van der Waals surface area contributed by atoms with Gasteiger partial charge in [0, 0.05) is 12.8 Å². The Hall–Kier alpha value is -1.60. The molecule has 1 nitrogen and oxygen atoms in total. The molecule has 0 fully saturated rings. The van der Waals surface area contributed by atoms with Crippen molar-refractivity contribution in [2.45, 2.75) is 45.1 Å². The number of aliphatic hydroxyl groups is 1. The number of benzene rings is 2. The molecule has 2 aromatic carbocycles. The maximum atomic E-state index is 10.6. The third-order valence-corrected chi connectivity index (χ3v) is 3.66. The SMILES string of the molecule is CC(C)c1ccc(CC(C)(O)Cc2ccccc2)cc1. The lowest BCUT2D eigenvalue weighted by Gasteiger charge is -2.24. The fraction of sp³-hybridized carbons (Fsp3) is 0.368. The molecule has 2 rings (SSSR count). The van der Waals surface area contributed by atoms with Crippen LogP contribution in [0.15, 0.2) is 54.6 Å². The van der Waals surface area contributed by atoms with Crippen LogP contribution >= 0.6 is 0 Å². The van der Waals surface area contributed by atoms with E-state index in [-0.39, 0.29) is 0 Å². The van der Waals surface area contributed by atoms with Crippen molar-refractivity contribution in [2.24, 2.45) is 0 Å². The zero-order valence-corrected chi connectivity index (χ0v) is 12.6. The largest absolute Gasteiger partial charge is 0.389 e. The molecule has 1 N–H and O–H groups in total. The molecule has 0 aliphatic carbocycles. The lowest BCUT2D eigenvalue weighted by atomic mass is 9.89. The monoisotopic (exact) mass is 268 g/mol. The number of hydrogen-bond acceptors (Lipinski definition) is 1. The van der Waals surface area contributed by atoms with Crippen molar-refractivity contribution >= 4 is 0 Å². The maximum absolute atomic E-state index is 10.6. The predicted octanol–water partition coefficient (Wildman–Crippen LogP) is 4.35. The number of rotatable bonds is 5. The lowest BCUT2D eigenvalue weighted by Crippen LogP contribution is -2.30. The van der Waals surface area contributed by atoms with Crippen LogP contribution in [-0.4, -0.2) is 10.7 Å². The standard InChI is InChI=1S/C19H24O/c1-15(2)18-11-9-17(10-12-18)14-19(3,20)13-16-7-5-4-6-8-16/h4-12,15,20H,13-14H2,1-3H3. The average Bonchev–Trinajstić information content (AvgIpc) is 2.39. The average molecular weight is 268 g/mol.